The Labute approximate surface area is 136 Å². The Morgan fingerprint density at radius 1 is 1.09 bits per heavy atom. The molecule has 0 amide bonds. The molecular weight excluding hydrogens is 296 g/mol. The van der Waals surface area contributed by atoms with Crippen LogP contribution >= 0.6 is 0 Å². The van der Waals surface area contributed by atoms with Crippen LogP contribution in [0.3, 0.4) is 0 Å². The molecule has 1 aromatic carbocycles. The lowest BCUT2D eigenvalue weighted by Crippen LogP contribution is -2.28. The highest BCUT2D eigenvalue weighted by molar-refractivity contribution is 5.98. The van der Waals surface area contributed by atoms with Gasteiger partial charge in [0.25, 0.3) is 0 Å². The van der Waals surface area contributed by atoms with E-state index < -0.39 is 5.97 Å². The summed E-state index contributed by atoms with van der Waals surface area (Å²) in [4.78, 5) is 11.6. The molecule has 1 heterocycles. The number of nitrogens with zero attached hydrogens (tertiary/aromatic N) is 2. The van der Waals surface area contributed by atoms with Gasteiger partial charge in [0.05, 0.1) is 17.7 Å². The molecule has 0 spiro atoms. The van der Waals surface area contributed by atoms with Crippen LogP contribution in [0.25, 0.3) is 10.9 Å². The third-order valence-electron chi connectivity index (χ3n) is 3.18. The lowest BCUT2D eigenvalue weighted by Gasteiger charge is -2.20. The van der Waals surface area contributed by atoms with Gasteiger partial charge >= 0.3 is 5.97 Å². The van der Waals surface area contributed by atoms with E-state index in [1.165, 1.54) is 0 Å². The molecule has 0 radical (unpaired) electrons. The van der Waals surface area contributed by atoms with E-state index in [2.05, 4.69) is 0 Å². The van der Waals surface area contributed by atoms with Gasteiger partial charge in [-0.15, -0.1) is 0 Å². The standard InChI is InChI=1S/C17H24N2O4/c1-10(2)22-12-7-14-13(16(8-12)23-11(3)4)9-15(17(20)21)19(14)18(5)6/h7-11H,1-6H3,(H,20,21). The Morgan fingerprint density at radius 3 is 2.17 bits per heavy atom. The average molecular weight is 320 g/mol. The number of ether oxygens (including phenoxy) is 2. The van der Waals surface area contributed by atoms with Crippen molar-refractivity contribution in [3.8, 4) is 11.5 Å². The number of hydrogen-bond acceptors (Lipinski definition) is 4. The first-order valence-corrected chi connectivity index (χ1v) is 7.64. The third kappa shape index (κ3) is 3.52. The largest absolute Gasteiger partial charge is 0.491 e. The SMILES string of the molecule is CC(C)Oc1cc(OC(C)C)c2cc(C(=O)O)n(N(C)C)c2c1. The van der Waals surface area contributed by atoms with Crippen molar-refractivity contribution in [1.29, 1.82) is 0 Å². The summed E-state index contributed by atoms with van der Waals surface area (Å²) in [5.41, 5.74) is 0.918. The van der Waals surface area contributed by atoms with E-state index in [4.69, 9.17) is 9.47 Å². The second-order valence-electron chi connectivity index (χ2n) is 6.18. The van der Waals surface area contributed by atoms with Gasteiger partial charge in [-0.25, -0.2) is 4.79 Å². The summed E-state index contributed by atoms with van der Waals surface area (Å²) in [5, 5.41) is 12.0. The molecule has 0 aliphatic heterocycles. The predicted octanol–water partition coefficient (Wildman–Crippen LogP) is 3.11. The van der Waals surface area contributed by atoms with E-state index in [0.29, 0.717) is 11.5 Å². The Balaban J connectivity index is 2.75. The van der Waals surface area contributed by atoms with E-state index in [0.717, 1.165) is 10.9 Å². The molecule has 0 saturated carbocycles. The summed E-state index contributed by atoms with van der Waals surface area (Å²) in [7, 11) is 3.59. The Morgan fingerprint density at radius 2 is 1.70 bits per heavy atom. The summed E-state index contributed by atoms with van der Waals surface area (Å²) in [6.45, 7) is 7.76. The van der Waals surface area contributed by atoms with E-state index in [9.17, 15) is 9.90 Å². The van der Waals surface area contributed by atoms with Crippen molar-refractivity contribution in [2.45, 2.75) is 39.9 Å². The first-order chi connectivity index (χ1) is 10.7. The summed E-state index contributed by atoms with van der Waals surface area (Å²) in [6, 6.07) is 5.29. The highest BCUT2D eigenvalue weighted by atomic mass is 16.5. The van der Waals surface area contributed by atoms with Gasteiger partial charge in [0, 0.05) is 31.6 Å². The number of carboxylic acids is 1. The fourth-order valence-corrected chi connectivity index (χ4v) is 2.51. The molecule has 0 bridgehead atoms. The second-order valence-corrected chi connectivity index (χ2v) is 6.18. The van der Waals surface area contributed by atoms with Crippen molar-refractivity contribution in [1.82, 2.24) is 4.68 Å². The molecule has 1 aromatic heterocycles. The number of rotatable bonds is 6. The minimum Gasteiger partial charge on any atom is -0.491 e. The molecule has 0 saturated heterocycles. The number of benzene rings is 1. The summed E-state index contributed by atoms with van der Waals surface area (Å²) < 4.78 is 13.3. The van der Waals surface area contributed by atoms with Crippen LogP contribution in [0.2, 0.25) is 0 Å². The highest BCUT2D eigenvalue weighted by Gasteiger charge is 2.20. The Kier molecular flexibility index (Phi) is 4.73. The first-order valence-electron chi connectivity index (χ1n) is 7.64. The van der Waals surface area contributed by atoms with Gasteiger partial charge in [0.2, 0.25) is 0 Å². The average Bonchev–Trinajstić information content (AvgIpc) is 2.76. The van der Waals surface area contributed by atoms with Gasteiger partial charge in [-0.2, -0.15) is 0 Å². The van der Waals surface area contributed by atoms with Crippen LogP contribution in [-0.2, 0) is 0 Å². The summed E-state index contributed by atoms with van der Waals surface area (Å²) in [6.07, 6.45) is -0.00968. The van der Waals surface area contributed by atoms with Gasteiger partial charge in [-0.3, -0.25) is 4.68 Å². The van der Waals surface area contributed by atoms with Crippen molar-refractivity contribution < 1.29 is 19.4 Å². The van der Waals surface area contributed by atoms with Gasteiger partial charge in [0.15, 0.2) is 0 Å². The zero-order chi connectivity index (χ0) is 17.3. The zero-order valence-corrected chi connectivity index (χ0v) is 14.5. The normalized spacial score (nSPS) is 11.3. The maximum atomic E-state index is 11.6. The fraction of sp³-hybridized carbons (Fsp3) is 0.471. The van der Waals surface area contributed by atoms with Crippen LogP contribution < -0.4 is 14.5 Å². The third-order valence-corrected chi connectivity index (χ3v) is 3.18. The topological polar surface area (TPSA) is 63.9 Å². The van der Waals surface area contributed by atoms with E-state index in [-0.39, 0.29) is 17.9 Å². The quantitative estimate of drug-likeness (QED) is 0.886. The smallest absolute Gasteiger partial charge is 0.354 e. The minimum atomic E-state index is -0.989. The van der Waals surface area contributed by atoms with Gasteiger partial charge < -0.3 is 19.6 Å². The van der Waals surface area contributed by atoms with Crippen LogP contribution in [0.4, 0.5) is 0 Å². The van der Waals surface area contributed by atoms with Crippen molar-refractivity contribution in [3.63, 3.8) is 0 Å². The highest BCUT2D eigenvalue weighted by Crippen LogP contribution is 2.35. The number of carbonyl (C=O) groups is 1. The molecule has 0 aliphatic rings. The lowest BCUT2D eigenvalue weighted by molar-refractivity contribution is 0.0685. The van der Waals surface area contributed by atoms with E-state index in [1.807, 2.05) is 39.8 Å². The van der Waals surface area contributed by atoms with Crippen LogP contribution in [0, 0.1) is 0 Å². The molecule has 23 heavy (non-hydrogen) atoms. The molecule has 0 aliphatic carbocycles. The molecular formula is C17H24N2O4. The van der Waals surface area contributed by atoms with Gasteiger partial charge in [-0.05, 0) is 33.8 Å². The minimum absolute atomic E-state index is 0.0149. The van der Waals surface area contributed by atoms with Crippen molar-refractivity contribution in [2.75, 3.05) is 19.1 Å². The number of hydrogen-bond donors (Lipinski definition) is 1. The van der Waals surface area contributed by atoms with Crippen LogP contribution in [0.15, 0.2) is 18.2 Å². The van der Waals surface area contributed by atoms with Crippen LogP contribution in [0.1, 0.15) is 38.2 Å². The number of fused-ring (bicyclic) bond motifs is 1. The lowest BCUT2D eigenvalue weighted by atomic mass is 10.2. The monoisotopic (exact) mass is 320 g/mol. The number of carboxylic acid groups (broad SMARTS) is 1. The predicted molar refractivity (Wildman–Crippen MR) is 90.5 cm³/mol. The molecule has 6 nitrogen and oxygen atoms in total. The van der Waals surface area contributed by atoms with E-state index in [1.54, 1.807) is 29.8 Å². The number of aromatic nitrogens is 1. The van der Waals surface area contributed by atoms with Crippen molar-refractivity contribution in [2.24, 2.45) is 0 Å². The first kappa shape index (κ1) is 17.0. The molecule has 0 unspecified atom stereocenters. The summed E-state index contributed by atoms with van der Waals surface area (Å²) in [5.74, 6) is 0.286. The molecule has 0 atom stereocenters. The van der Waals surface area contributed by atoms with Gasteiger partial charge in [-0.1, -0.05) is 0 Å². The molecule has 6 heteroatoms. The Hall–Kier alpha value is -2.37. The maximum absolute atomic E-state index is 11.6. The van der Waals surface area contributed by atoms with Crippen LogP contribution in [-0.4, -0.2) is 42.1 Å². The molecule has 0 fully saturated rings. The van der Waals surface area contributed by atoms with Gasteiger partial charge in [0.1, 0.15) is 17.2 Å². The summed E-state index contributed by atoms with van der Waals surface area (Å²) >= 11 is 0. The van der Waals surface area contributed by atoms with E-state index >= 15 is 0 Å². The maximum Gasteiger partial charge on any atom is 0.354 e. The second kappa shape index (κ2) is 6.40. The molecule has 1 N–H and O–H groups in total. The zero-order valence-electron chi connectivity index (χ0n) is 14.5. The van der Waals surface area contributed by atoms with Crippen molar-refractivity contribution >= 4 is 16.9 Å². The fourth-order valence-electron chi connectivity index (χ4n) is 2.51. The Bertz CT molecular complexity index is 717. The molecule has 2 rings (SSSR count). The number of aromatic carboxylic acids is 1. The molecule has 2 aromatic rings. The molecule has 126 valence electrons. The van der Waals surface area contributed by atoms with Crippen molar-refractivity contribution in [3.05, 3.63) is 23.9 Å². The van der Waals surface area contributed by atoms with Crippen LogP contribution in [0.5, 0.6) is 11.5 Å².